The molecule has 1 aliphatic rings. The number of aryl methyl sites for hydroxylation is 1. The van der Waals surface area contributed by atoms with Gasteiger partial charge in [0.05, 0.1) is 0 Å². The Balaban J connectivity index is 1.39. The molecule has 1 N–H and O–H groups in total. The van der Waals surface area contributed by atoms with Gasteiger partial charge in [0.1, 0.15) is 0 Å². The second kappa shape index (κ2) is 8.26. The van der Waals surface area contributed by atoms with Gasteiger partial charge in [-0.25, -0.2) is 0 Å². The number of fused-ring (bicyclic) bond motifs is 1. The molecule has 2 aromatic carbocycles. The van der Waals surface area contributed by atoms with Crippen molar-refractivity contribution >= 4 is 39.8 Å². The van der Waals surface area contributed by atoms with Crippen LogP contribution in [-0.2, 0) is 4.79 Å². The van der Waals surface area contributed by atoms with E-state index in [0.29, 0.717) is 23.7 Å². The average molecular weight is 407 g/mol. The molecule has 0 saturated carbocycles. The predicted molar refractivity (Wildman–Crippen MR) is 117 cm³/mol. The number of hydrogen-bond acceptors (Lipinski definition) is 2. The van der Waals surface area contributed by atoms with E-state index in [1.807, 2.05) is 36.1 Å². The van der Waals surface area contributed by atoms with E-state index in [9.17, 15) is 9.59 Å². The molecule has 3 aromatic rings. The van der Waals surface area contributed by atoms with Gasteiger partial charge in [0.25, 0.3) is 0 Å². The molecule has 5 heteroatoms. The first kappa shape index (κ1) is 19.5. The Bertz CT molecular complexity index is 1100. The van der Waals surface area contributed by atoms with Gasteiger partial charge in [0.15, 0.2) is 5.78 Å². The first-order valence-electron chi connectivity index (χ1n) is 9.86. The van der Waals surface area contributed by atoms with Crippen LogP contribution in [0, 0.1) is 6.92 Å². The van der Waals surface area contributed by atoms with E-state index in [0.717, 1.165) is 23.0 Å². The zero-order valence-corrected chi connectivity index (χ0v) is 17.1. The number of H-pyrrole nitrogens is 1. The number of hydrogen-bond donors (Lipinski definition) is 1. The standard InChI is InChI=1S/C24H23ClN2O2/c1-16-24(20-15-19(25)7-8-21(20)26-16)22(28)9-10-23(29)27-13-11-18(12-14-27)17-5-3-2-4-6-17/h2-8,11,15,26H,9-10,12-14H2,1H3. The van der Waals surface area contributed by atoms with E-state index in [1.165, 1.54) is 11.1 Å². The number of rotatable bonds is 5. The summed E-state index contributed by atoms with van der Waals surface area (Å²) in [6.07, 6.45) is 3.37. The fraction of sp³-hybridized carbons (Fsp3) is 0.250. The van der Waals surface area contributed by atoms with Crippen molar-refractivity contribution in [1.82, 2.24) is 9.88 Å². The number of halogens is 1. The average Bonchev–Trinajstić information content (AvgIpc) is 3.07. The molecule has 148 valence electrons. The Hall–Kier alpha value is -2.85. The molecule has 0 aliphatic carbocycles. The highest BCUT2D eigenvalue weighted by Crippen LogP contribution is 2.27. The largest absolute Gasteiger partial charge is 0.358 e. The summed E-state index contributed by atoms with van der Waals surface area (Å²) in [5.74, 6) is -0.000804. The molecule has 4 nitrogen and oxygen atoms in total. The predicted octanol–water partition coefficient (Wildman–Crippen LogP) is 5.41. The third-order valence-corrected chi connectivity index (χ3v) is 5.73. The molecule has 4 rings (SSSR count). The minimum atomic E-state index is -0.0260. The molecule has 0 unspecified atom stereocenters. The van der Waals surface area contributed by atoms with E-state index >= 15 is 0 Å². The Morgan fingerprint density at radius 1 is 1.10 bits per heavy atom. The van der Waals surface area contributed by atoms with Gasteiger partial charge in [-0.05, 0) is 42.7 Å². The van der Waals surface area contributed by atoms with Gasteiger partial charge < -0.3 is 9.88 Å². The van der Waals surface area contributed by atoms with Gasteiger partial charge in [-0.1, -0.05) is 48.0 Å². The third kappa shape index (κ3) is 4.13. The molecule has 29 heavy (non-hydrogen) atoms. The van der Waals surface area contributed by atoms with Crippen molar-refractivity contribution < 1.29 is 9.59 Å². The minimum absolute atomic E-state index is 0.0252. The summed E-state index contributed by atoms with van der Waals surface area (Å²) in [7, 11) is 0. The fourth-order valence-corrected chi connectivity index (χ4v) is 4.14. The van der Waals surface area contributed by atoms with Crippen LogP contribution in [0.4, 0.5) is 0 Å². The Kier molecular flexibility index (Phi) is 5.54. The molecule has 1 aliphatic heterocycles. The van der Waals surface area contributed by atoms with Crippen LogP contribution in [0.5, 0.6) is 0 Å². The van der Waals surface area contributed by atoms with Crippen LogP contribution >= 0.6 is 11.6 Å². The summed E-state index contributed by atoms with van der Waals surface area (Å²) in [6.45, 7) is 3.16. The first-order chi connectivity index (χ1) is 14.0. The van der Waals surface area contributed by atoms with Gasteiger partial charge >= 0.3 is 0 Å². The van der Waals surface area contributed by atoms with Crippen molar-refractivity contribution in [2.75, 3.05) is 13.1 Å². The van der Waals surface area contributed by atoms with Crippen LogP contribution in [0.1, 0.15) is 40.9 Å². The first-order valence-corrected chi connectivity index (χ1v) is 10.2. The Labute approximate surface area is 175 Å². The van der Waals surface area contributed by atoms with Crippen molar-refractivity contribution in [3.05, 3.63) is 76.5 Å². The lowest BCUT2D eigenvalue weighted by molar-refractivity contribution is -0.130. The lowest BCUT2D eigenvalue weighted by atomic mass is 9.99. The number of nitrogens with zero attached hydrogens (tertiary/aromatic N) is 1. The highest BCUT2D eigenvalue weighted by molar-refractivity contribution is 6.31. The molecule has 0 bridgehead atoms. The number of benzene rings is 2. The maximum absolute atomic E-state index is 12.8. The Morgan fingerprint density at radius 2 is 1.90 bits per heavy atom. The van der Waals surface area contributed by atoms with Crippen molar-refractivity contribution in [3.8, 4) is 0 Å². The second-order valence-corrected chi connectivity index (χ2v) is 7.86. The highest BCUT2D eigenvalue weighted by Gasteiger charge is 2.21. The lowest BCUT2D eigenvalue weighted by Crippen LogP contribution is -2.34. The van der Waals surface area contributed by atoms with Gasteiger partial charge in [0, 0.05) is 53.1 Å². The van der Waals surface area contributed by atoms with Crippen molar-refractivity contribution in [3.63, 3.8) is 0 Å². The van der Waals surface area contributed by atoms with Crippen LogP contribution in [0.3, 0.4) is 0 Å². The molecular formula is C24H23ClN2O2. The van der Waals surface area contributed by atoms with Crippen molar-refractivity contribution in [2.45, 2.75) is 26.2 Å². The molecule has 2 heterocycles. The summed E-state index contributed by atoms with van der Waals surface area (Å²) in [5.41, 5.74) is 4.82. The van der Waals surface area contributed by atoms with Crippen LogP contribution in [0.25, 0.3) is 16.5 Å². The molecule has 0 atom stereocenters. The van der Waals surface area contributed by atoms with Crippen molar-refractivity contribution in [2.24, 2.45) is 0 Å². The molecule has 0 fully saturated rings. The van der Waals surface area contributed by atoms with Gasteiger partial charge in [-0.15, -0.1) is 0 Å². The van der Waals surface area contributed by atoms with E-state index in [1.54, 1.807) is 12.1 Å². The molecule has 0 saturated heterocycles. The number of carbonyl (C=O) groups is 2. The Morgan fingerprint density at radius 3 is 2.62 bits per heavy atom. The SMILES string of the molecule is Cc1[nH]c2ccc(Cl)cc2c1C(=O)CCC(=O)N1CC=C(c2ccccc2)CC1. The molecular weight excluding hydrogens is 384 g/mol. The quantitative estimate of drug-likeness (QED) is 0.576. The fourth-order valence-electron chi connectivity index (χ4n) is 3.97. The third-order valence-electron chi connectivity index (χ3n) is 5.50. The summed E-state index contributed by atoms with van der Waals surface area (Å²) in [4.78, 5) is 30.5. The van der Waals surface area contributed by atoms with E-state index in [4.69, 9.17) is 11.6 Å². The zero-order valence-electron chi connectivity index (χ0n) is 16.4. The van der Waals surface area contributed by atoms with Crippen LogP contribution in [0.2, 0.25) is 5.02 Å². The topological polar surface area (TPSA) is 53.2 Å². The minimum Gasteiger partial charge on any atom is -0.358 e. The highest BCUT2D eigenvalue weighted by atomic mass is 35.5. The van der Waals surface area contributed by atoms with Crippen LogP contribution < -0.4 is 0 Å². The smallest absolute Gasteiger partial charge is 0.223 e. The van der Waals surface area contributed by atoms with E-state index < -0.39 is 0 Å². The van der Waals surface area contributed by atoms with Crippen LogP contribution in [0.15, 0.2) is 54.6 Å². The number of nitrogens with one attached hydrogen (secondary N) is 1. The molecule has 1 amide bonds. The number of ketones is 1. The number of aromatic amines is 1. The van der Waals surface area contributed by atoms with Crippen molar-refractivity contribution in [1.29, 1.82) is 0 Å². The number of aromatic nitrogens is 1. The van der Waals surface area contributed by atoms with Gasteiger partial charge in [0.2, 0.25) is 5.91 Å². The summed E-state index contributed by atoms with van der Waals surface area (Å²) < 4.78 is 0. The zero-order chi connectivity index (χ0) is 20.4. The summed E-state index contributed by atoms with van der Waals surface area (Å²) in [5, 5.41) is 1.41. The van der Waals surface area contributed by atoms with E-state index in [2.05, 4.69) is 23.2 Å². The molecule has 0 radical (unpaired) electrons. The lowest BCUT2D eigenvalue weighted by Gasteiger charge is -2.26. The van der Waals surface area contributed by atoms with Gasteiger partial charge in [-0.3, -0.25) is 9.59 Å². The molecule has 1 aromatic heterocycles. The second-order valence-electron chi connectivity index (χ2n) is 7.42. The monoisotopic (exact) mass is 406 g/mol. The van der Waals surface area contributed by atoms with Gasteiger partial charge in [-0.2, -0.15) is 0 Å². The number of carbonyl (C=O) groups excluding carboxylic acids is 2. The normalized spacial score (nSPS) is 14.1. The van der Waals surface area contributed by atoms with Crippen LogP contribution in [-0.4, -0.2) is 34.7 Å². The molecule has 0 spiro atoms. The summed E-state index contributed by atoms with van der Waals surface area (Å²) >= 11 is 6.10. The number of amides is 1. The number of Topliss-reactive ketones (excluding diaryl/α,β-unsaturated/α-hetero) is 1. The maximum Gasteiger partial charge on any atom is 0.223 e. The maximum atomic E-state index is 12.8. The summed E-state index contributed by atoms with van der Waals surface area (Å²) in [6, 6.07) is 15.7. The van der Waals surface area contributed by atoms with E-state index in [-0.39, 0.29) is 24.5 Å².